The van der Waals surface area contributed by atoms with Gasteiger partial charge < -0.3 is 15.0 Å². The number of aromatic nitrogens is 2. The highest BCUT2D eigenvalue weighted by Crippen LogP contribution is 2.34. The summed E-state index contributed by atoms with van der Waals surface area (Å²) in [6, 6.07) is 17.4. The van der Waals surface area contributed by atoms with Gasteiger partial charge >= 0.3 is 0 Å². The molecule has 2 aromatic carbocycles. The van der Waals surface area contributed by atoms with E-state index < -0.39 is 0 Å². The summed E-state index contributed by atoms with van der Waals surface area (Å²) in [7, 11) is 1.63. The highest BCUT2D eigenvalue weighted by Gasteiger charge is 2.30. The average molecular weight is 475 g/mol. The van der Waals surface area contributed by atoms with Gasteiger partial charge in [-0.3, -0.25) is 9.59 Å². The van der Waals surface area contributed by atoms with E-state index in [1.54, 1.807) is 16.7 Å². The smallest absolute Gasteiger partial charge is 0.245 e. The van der Waals surface area contributed by atoms with Gasteiger partial charge in [0.05, 0.1) is 25.0 Å². The summed E-state index contributed by atoms with van der Waals surface area (Å²) in [6.07, 6.45) is 4.78. The molecule has 0 bridgehead atoms. The van der Waals surface area contributed by atoms with Crippen molar-refractivity contribution in [2.24, 2.45) is 5.92 Å². The van der Waals surface area contributed by atoms with Crippen LogP contribution in [0.3, 0.4) is 0 Å². The summed E-state index contributed by atoms with van der Waals surface area (Å²) in [5.74, 6) is 1.28. The maximum Gasteiger partial charge on any atom is 0.245 e. The molecule has 3 aromatic rings. The Bertz CT molecular complexity index is 1150. The first kappa shape index (κ1) is 24.5. The van der Waals surface area contributed by atoms with Crippen molar-refractivity contribution in [3.63, 3.8) is 0 Å². The third-order valence-corrected chi connectivity index (χ3v) is 6.58. The molecule has 1 saturated carbocycles. The Labute approximate surface area is 207 Å². The minimum absolute atomic E-state index is 0.0381. The number of carbonyl (C=O) groups excluding carboxylic acids is 2. The Kier molecular flexibility index (Phi) is 7.85. The summed E-state index contributed by atoms with van der Waals surface area (Å²) < 4.78 is 7.04. The van der Waals surface area contributed by atoms with Gasteiger partial charge in [-0.25, -0.2) is 4.68 Å². The molecule has 0 radical (unpaired) electrons. The van der Waals surface area contributed by atoms with Crippen molar-refractivity contribution in [2.75, 3.05) is 25.5 Å². The highest BCUT2D eigenvalue weighted by molar-refractivity contribution is 5.98. The van der Waals surface area contributed by atoms with Crippen LogP contribution in [0.2, 0.25) is 0 Å². The van der Waals surface area contributed by atoms with Crippen molar-refractivity contribution in [3.8, 4) is 22.6 Å². The number of hydrogen-bond donors (Lipinski definition) is 1. The van der Waals surface area contributed by atoms with Gasteiger partial charge in [-0.2, -0.15) is 5.10 Å². The second-order valence-corrected chi connectivity index (χ2v) is 9.07. The van der Waals surface area contributed by atoms with Crippen molar-refractivity contribution in [1.82, 2.24) is 14.7 Å². The Hall–Kier alpha value is -3.61. The first-order chi connectivity index (χ1) is 17.0. The van der Waals surface area contributed by atoms with Crippen LogP contribution >= 0.6 is 0 Å². The molecule has 1 N–H and O–H groups in total. The topological polar surface area (TPSA) is 76.5 Å². The molecule has 1 aromatic heterocycles. The lowest BCUT2D eigenvalue weighted by molar-refractivity contribution is -0.140. The van der Waals surface area contributed by atoms with Crippen LogP contribution in [-0.4, -0.2) is 46.7 Å². The van der Waals surface area contributed by atoms with E-state index in [0.29, 0.717) is 12.4 Å². The van der Waals surface area contributed by atoms with Gasteiger partial charge in [-0.05, 0) is 56.0 Å². The number of unbranched alkanes of at least 4 members (excludes halogenated alkanes) is 1. The second-order valence-electron chi connectivity index (χ2n) is 9.07. The number of anilines is 1. The lowest BCUT2D eigenvalue weighted by atomic mass is 9.84. The first-order valence-electron chi connectivity index (χ1n) is 12.4. The summed E-state index contributed by atoms with van der Waals surface area (Å²) >= 11 is 0. The van der Waals surface area contributed by atoms with Crippen LogP contribution in [0.25, 0.3) is 16.8 Å². The maximum atomic E-state index is 13.3. The normalized spacial score (nSPS) is 13.2. The van der Waals surface area contributed by atoms with Gasteiger partial charge in [-0.1, -0.05) is 50.1 Å². The number of methoxy groups -OCH3 is 1. The largest absolute Gasteiger partial charge is 0.497 e. The molecule has 0 unspecified atom stereocenters. The van der Waals surface area contributed by atoms with Crippen LogP contribution in [0.15, 0.2) is 54.6 Å². The Morgan fingerprint density at radius 3 is 2.43 bits per heavy atom. The number of ether oxygens (including phenoxy) is 1. The minimum Gasteiger partial charge on any atom is -0.497 e. The monoisotopic (exact) mass is 474 g/mol. The molecule has 0 spiro atoms. The summed E-state index contributed by atoms with van der Waals surface area (Å²) in [5.41, 5.74) is 3.43. The van der Waals surface area contributed by atoms with Crippen LogP contribution in [0.5, 0.6) is 5.75 Å². The lowest BCUT2D eigenvalue weighted by Crippen LogP contribution is -2.43. The van der Waals surface area contributed by atoms with Crippen molar-refractivity contribution in [1.29, 1.82) is 0 Å². The number of aryl methyl sites for hydroxylation is 1. The van der Waals surface area contributed by atoms with Crippen LogP contribution in [0.4, 0.5) is 5.82 Å². The van der Waals surface area contributed by atoms with E-state index in [4.69, 9.17) is 9.84 Å². The van der Waals surface area contributed by atoms with Gasteiger partial charge in [0.25, 0.3) is 0 Å². The Morgan fingerprint density at radius 1 is 1.11 bits per heavy atom. The fraction of sp³-hybridized carbons (Fsp3) is 0.393. The van der Waals surface area contributed by atoms with E-state index >= 15 is 0 Å². The van der Waals surface area contributed by atoms with E-state index in [1.807, 2.05) is 61.5 Å². The minimum atomic E-state index is -0.222. The Balaban J connectivity index is 1.65. The summed E-state index contributed by atoms with van der Waals surface area (Å²) in [5, 5.41) is 7.86. The lowest BCUT2D eigenvalue weighted by Gasteiger charge is -2.31. The third-order valence-electron chi connectivity index (χ3n) is 6.58. The molecule has 0 atom stereocenters. The molecule has 0 aliphatic heterocycles. The zero-order chi connectivity index (χ0) is 24.8. The molecule has 1 aliphatic carbocycles. The number of nitrogens with zero attached hydrogens (tertiary/aromatic N) is 3. The number of amides is 2. The molecular weight excluding hydrogens is 440 g/mol. The number of rotatable bonds is 10. The fourth-order valence-electron chi connectivity index (χ4n) is 4.38. The van der Waals surface area contributed by atoms with Gasteiger partial charge in [0, 0.05) is 18.0 Å². The predicted molar refractivity (Wildman–Crippen MR) is 138 cm³/mol. The molecule has 2 amide bonds. The quantitative estimate of drug-likeness (QED) is 0.437. The molecule has 1 heterocycles. The molecule has 1 aliphatic rings. The number of nitrogens with one attached hydrogen (secondary N) is 1. The zero-order valence-electron chi connectivity index (χ0n) is 20.8. The van der Waals surface area contributed by atoms with Crippen molar-refractivity contribution in [2.45, 2.75) is 46.0 Å². The van der Waals surface area contributed by atoms with Crippen molar-refractivity contribution < 1.29 is 14.3 Å². The number of hydrogen-bond acceptors (Lipinski definition) is 4. The SMILES string of the molecule is CCCCN(CC(=O)Nc1c(-c2ccccc2)c(C)nn1-c1ccc(OC)cc1)C(=O)C1CCC1. The summed E-state index contributed by atoms with van der Waals surface area (Å²) in [4.78, 5) is 28.0. The van der Waals surface area contributed by atoms with E-state index in [0.717, 1.165) is 60.4 Å². The number of benzene rings is 2. The third kappa shape index (κ3) is 5.56. The molecular formula is C28H34N4O3. The van der Waals surface area contributed by atoms with E-state index in [1.165, 1.54) is 0 Å². The molecule has 35 heavy (non-hydrogen) atoms. The molecule has 1 fully saturated rings. The van der Waals surface area contributed by atoms with Crippen LogP contribution in [-0.2, 0) is 9.59 Å². The van der Waals surface area contributed by atoms with Gasteiger partial charge in [0.2, 0.25) is 11.8 Å². The standard InChI is InChI=1S/C28H34N4O3/c1-4-5-18-31(28(34)22-12-9-13-22)19-25(33)29-27-26(21-10-7-6-8-11-21)20(2)30-32(27)23-14-16-24(35-3)17-15-23/h6-8,10-11,14-17,22H,4-5,9,12-13,18-19H2,1-3H3,(H,29,33). The van der Waals surface area contributed by atoms with Crippen molar-refractivity contribution >= 4 is 17.6 Å². The highest BCUT2D eigenvalue weighted by atomic mass is 16.5. The van der Waals surface area contributed by atoms with Crippen molar-refractivity contribution in [3.05, 3.63) is 60.3 Å². The first-order valence-corrected chi connectivity index (χ1v) is 12.4. The fourth-order valence-corrected chi connectivity index (χ4v) is 4.38. The Morgan fingerprint density at radius 2 is 1.83 bits per heavy atom. The second kappa shape index (κ2) is 11.2. The van der Waals surface area contributed by atoms with Crippen LogP contribution in [0.1, 0.15) is 44.7 Å². The maximum absolute atomic E-state index is 13.3. The molecule has 4 rings (SSSR count). The van der Waals surface area contributed by atoms with Crippen LogP contribution in [0, 0.1) is 12.8 Å². The molecule has 7 nitrogen and oxygen atoms in total. The summed E-state index contributed by atoms with van der Waals surface area (Å²) in [6.45, 7) is 4.66. The molecule has 184 valence electrons. The van der Waals surface area contributed by atoms with Crippen LogP contribution < -0.4 is 10.1 Å². The van der Waals surface area contributed by atoms with Gasteiger partial charge in [0.1, 0.15) is 11.6 Å². The molecule has 7 heteroatoms. The van der Waals surface area contributed by atoms with Gasteiger partial charge in [-0.15, -0.1) is 0 Å². The van der Waals surface area contributed by atoms with E-state index in [2.05, 4.69) is 12.2 Å². The van der Waals surface area contributed by atoms with E-state index in [-0.39, 0.29) is 24.3 Å². The molecule has 0 saturated heterocycles. The predicted octanol–water partition coefficient (Wildman–Crippen LogP) is 5.22. The van der Waals surface area contributed by atoms with E-state index in [9.17, 15) is 9.59 Å². The van der Waals surface area contributed by atoms with Gasteiger partial charge in [0.15, 0.2) is 0 Å². The zero-order valence-corrected chi connectivity index (χ0v) is 20.8. The average Bonchev–Trinajstić information content (AvgIpc) is 3.16. The number of carbonyl (C=O) groups is 2.